The summed E-state index contributed by atoms with van der Waals surface area (Å²) in [5.74, 6) is -4.14. The highest BCUT2D eigenvalue weighted by atomic mass is 16.6. The Labute approximate surface area is 424 Å². The number of H-pyrrole nitrogens is 1. The smallest absolute Gasteiger partial charge is 0.375 e. The summed E-state index contributed by atoms with van der Waals surface area (Å²) in [6.45, 7) is 2.41. The Morgan fingerprint density at radius 3 is 2.62 bits per heavy atom. The quantitative estimate of drug-likeness (QED) is 0.0539. The van der Waals surface area contributed by atoms with Gasteiger partial charge in [0.15, 0.2) is 11.9 Å². The maximum atomic E-state index is 14.7. The zero-order chi connectivity index (χ0) is 51.0. The van der Waals surface area contributed by atoms with Gasteiger partial charge in [-0.3, -0.25) is 9.59 Å². The third-order valence-electron chi connectivity index (χ3n) is 18.5. The standard InChI is InChI=1S/C57H68N2O14/c1-3-70-53(67)51-42(29-64)45-35-19-36(27-62)47(66)40(22-35)39-21-34-7-14-58-44(34)23-33(39)6-5-32(26-61)31-71-49-41-24-56(73-48(41)43(30-65)50(72-51)46(45)49)11-9-54(13-17-60)8-10-55-12-16-59(15-4-18-69-2)25-38(55)20-37(28-63)52(54)57(55,56)68/h7,9,11,14,20-21,23,29,32,36,38,40,52,58,60-63,65,68H,3-6,8,10,12-13,15-19,22,24-28,30-31H2,1-2H3. The van der Waals surface area contributed by atoms with E-state index in [0.717, 1.165) is 35.0 Å². The molecule has 0 radical (unpaired) electrons. The number of aliphatic hydroxyl groups excluding tert-OH is 5. The molecule has 4 aliphatic heterocycles. The van der Waals surface area contributed by atoms with Gasteiger partial charge in [-0.1, -0.05) is 17.7 Å². The van der Waals surface area contributed by atoms with Crippen molar-refractivity contribution in [2.45, 2.75) is 94.9 Å². The number of nitrogens with zero attached hydrogens (tertiary/aromatic N) is 1. The summed E-state index contributed by atoms with van der Waals surface area (Å²) in [7, 11) is 1.69. The minimum Gasteiger partial charge on any atom is -0.492 e. The summed E-state index contributed by atoms with van der Waals surface area (Å²) in [4.78, 5) is 48.4. The van der Waals surface area contributed by atoms with Gasteiger partial charge in [0.2, 0.25) is 5.76 Å². The van der Waals surface area contributed by atoms with Gasteiger partial charge in [0, 0.05) is 104 Å². The van der Waals surface area contributed by atoms with Gasteiger partial charge in [0.05, 0.1) is 49.7 Å². The number of aliphatic hydroxyl groups is 6. The molecule has 2 spiro atoms. The summed E-state index contributed by atoms with van der Waals surface area (Å²) >= 11 is 0. The van der Waals surface area contributed by atoms with E-state index in [1.165, 1.54) is 0 Å². The Morgan fingerprint density at radius 2 is 1.88 bits per heavy atom. The molecule has 2 aromatic carbocycles. The number of allylic oxidation sites excluding steroid dienone is 4. The van der Waals surface area contributed by atoms with Crippen molar-refractivity contribution in [1.82, 2.24) is 9.88 Å². The predicted octanol–water partition coefficient (Wildman–Crippen LogP) is 4.54. The number of carbonyl (C=O) groups is 3. The van der Waals surface area contributed by atoms with Gasteiger partial charge in [-0.15, -0.1) is 0 Å². The fourth-order valence-corrected chi connectivity index (χ4v) is 15.1. The molecule has 2 saturated carbocycles. The van der Waals surface area contributed by atoms with Crippen molar-refractivity contribution >= 4 is 34.5 Å². The average molecular weight is 1010 g/mol. The van der Waals surface area contributed by atoms with Crippen molar-refractivity contribution in [2.75, 3.05) is 73.0 Å². The minimum atomic E-state index is -1.71. The molecule has 3 fully saturated rings. The lowest BCUT2D eigenvalue weighted by molar-refractivity contribution is -0.282. The van der Waals surface area contributed by atoms with Gasteiger partial charge >= 0.3 is 5.97 Å². The number of fused-ring (bicyclic) bond motifs is 7. The van der Waals surface area contributed by atoms with E-state index < -0.39 is 70.6 Å². The summed E-state index contributed by atoms with van der Waals surface area (Å²) in [5, 5.41) is 71.4. The SMILES string of the molecule is CCOC(=O)C1=C(C=O)C2=C3CC(CO)C(=O)C(C3)c3cc4cc[nH]c4cc3CCC(CO)COc3c4c(c(CO)c(c32)O1)OC1(C=CC2(CCO)CCC35CCN(CCCOC)CC3C=C(CO)C2C15O)C4. The number of hydrogen-bond acceptors (Lipinski definition) is 15. The summed E-state index contributed by atoms with van der Waals surface area (Å²) in [5.41, 5.74) is -0.00487. The number of esters is 1. The number of ether oxygens (including phenoxy) is 5. The Morgan fingerprint density at radius 1 is 1.03 bits per heavy atom. The second-order valence-electron chi connectivity index (χ2n) is 21.9. The lowest BCUT2D eigenvalue weighted by Crippen LogP contribution is -2.79. The van der Waals surface area contributed by atoms with Crippen LogP contribution in [0, 0.1) is 34.5 Å². The first kappa shape index (κ1) is 50.0. The number of ketones is 1. The number of carbonyl (C=O) groups excluding carboxylic acids is 3. The van der Waals surface area contributed by atoms with Crippen molar-refractivity contribution in [1.29, 1.82) is 0 Å². The van der Waals surface area contributed by atoms with Crippen LogP contribution in [0.3, 0.4) is 0 Å². The van der Waals surface area contributed by atoms with Crippen molar-refractivity contribution in [3.8, 4) is 17.2 Å². The van der Waals surface area contributed by atoms with Crippen molar-refractivity contribution < 1.29 is 68.7 Å². The molecule has 16 heteroatoms. The maximum absolute atomic E-state index is 14.7. The van der Waals surface area contributed by atoms with Crippen LogP contribution in [0.2, 0.25) is 0 Å². The first-order valence-electron chi connectivity index (χ1n) is 26.3. The number of Topliss-reactive ketones (excluding diaryl/α,β-unsaturated/α-hetero) is 1. The summed E-state index contributed by atoms with van der Waals surface area (Å²) in [6, 6.07) is 5.96. The molecule has 0 amide bonds. The molecule has 1 saturated heterocycles. The highest BCUT2D eigenvalue weighted by molar-refractivity contribution is 6.11. The van der Waals surface area contributed by atoms with Crippen LogP contribution >= 0.6 is 0 Å². The topological polar surface area (TPSA) is 238 Å². The highest BCUT2D eigenvalue weighted by Crippen LogP contribution is 2.74. The van der Waals surface area contributed by atoms with Crippen molar-refractivity contribution in [3.63, 3.8) is 0 Å². The molecule has 3 aromatic rings. The molecule has 1 aromatic heterocycles. The van der Waals surface area contributed by atoms with E-state index in [0.29, 0.717) is 81.2 Å². The number of aryl methyl sites for hydroxylation is 1. The lowest BCUT2D eigenvalue weighted by Gasteiger charge is -2.72. The Kier molecular flexibility index (Phi) is 13.2. The van der Waals surface area contributed by atoms with Gasteiger partial charge in [0.25, 0.3) is 0 Å². The van der Waals surface area contributed by atoms with E-state index in [1.54, 1.807) is 14.0 Å². The highest BCUT2D eigenvalue weighted by Gasteiger charge is 2.78. The maximum Gasteiger partial charge on any atom is 0.375 e. The fourth-order valence-electron chi connectivity index (χ4n) is 15.1. The Hall–Kier alpha value is -5.17. The van der Waals surface area contributed by atoms with E-state index in [2.05, 4.69) is 22.0 Å². The van der Waals surface area contributed by atoms with E-state index in [1.807, 2.05) is 30.5 Å². The van der Waals surface area contributed by atoms with E-state index in [4.69, 9.17) is 23.7 Å². The average Bonchev–Trinajstić information content (AvgIpc) is 4.06. The van der Waals surface area contributed by atoms with Crippen LogP contribution in [0.4, 0.5) is 0 Å². The molecule has 16 nitrogen and oxygen atoms in total. The van der Waals surface area contributed by atoms with E-state index >= 15 is 0 Å². The first-order valence-corrected chi connectivity index (χ1v) is 26.3. The second kappa shape index (κ2) is 19.2. The van der Waals surface area contributed by atoms with Crippen LogP contribution < -0.4 is 14.2 Å². The number of nitrogens with one attached hydrogen (secondary N) is 1. The molecule has 6 bridgehead atoms. The monoisotopic (exact) mass is 1000 g/mol. The molecule has 4 aliphatic carbocycles. The van der Waals surface area contributed by atoms with E-state index in [9.17, 15) is 45.0 Å². The molecule has 5 heterocycles. The van der Waals surface area contributed by atoms with Gasteiger partial charge in [-0.25, -0.2) is 4.79 Å². The zero-order valence-corrected chi connectivity index (χ0v) is 41.8. The summed E-state index contributed by atoms with van der Waals surface area (Å²) < 4.78 is 32.1. The fraction of sp³-hybridized carbons (Fsp3) is 0.561. The number of benzene rings is 2. The van der Waals surface area contributed by atoms with Gasteiger partial charge in [-0.2, -0.15) is 0 Å². The van der Waals surface area contributed by atoms with Crippen LogP contribution in [0.15, 0.2) is 65.1 Å². The summed E-state index contributed by atoms with van der Waals surface area (Å²) in [6.07, 6.45) is 12.7. The van der Waals surface area contributed by atoms with Crippen molar-refractivity contribution in [2.24, 2.45) is 34.5 Å². The minimum absolute atomic E-state index is 0.0105. The Bertz CT molecular complexity index is 2860. The molecular weight excluding hydrogens is 937 g/mol. The van der Waals surface area contributed by atoms with Crippen LogP contribution in [0.5, 0.6) is 17.2 Å². The second-order valence-corrected chi connectivity index (χ2v) is 21.9. The first-order chi connectivity index (χ1) is 35.4. The largest absolute Gasteiger partial charge is 0.492 e. The zero-order valence-electron chi connectivity index (χ0n) is 41.8. The number of likely N-dealkylation sites (tertiary alicyclic amines) is 1. The number of rotatable bonds is 13. The predicted molar refractivity (Wildman–Crippen MR) is 267 cm³/mol. The Balaban J connectivity index is 1.16. The normalized spacial score (nSPS) is 32.2. The number of piperidine rings is 1. The van der Waals surface area contributed by atoms with Crippen LogP contribution in [0.25, 0.3) is 16.5 Å². The number of aldehydes is 1. The molecule has 73 heavy (non-hydrogen) atoms. The number of aromatic nitrogens is 1. The third kappa shape index (κ3) is 7.40. The van der Waals surface area contributed by atoms with Crippen LogP contribution in [-0.2, 0) is 43.3 Å². The van der Waals surface area contributed by atoms with Crippen LogP contribution in [-0.4, -0.2) is 143 Å². The molecule has 9 unspecified atom stereocenters. The number of aromatic amines is 1. The van der Waals surface area contributed by atoms with Gasteiger partial charge < -0.3 is 64.2 Å². The van der Waals surface area contributed by atoms with Crippen LogP contribution in [0.1, 0.15) is 92.0 Å². The van der Waals surface area contributed by atoms with Gasteiger partial charge in [0.1, 0.15) is 28.6 Å². The molecule has 11 rings (SSSR count). The lowest BCUT2D eigenvalue weighted by atomic mass is 9.35. The molecule has 9 atom stereocenters. The van der Waals surface area contributed by atoms with Gasteiger partial charge in [-0.05, 0) is 124 Å². The van der Waals surface area contributed by atoms with E-state index in [-0.39, 0.29) is 104 Å². The number of methoxy groups -OCH3 is 1. The third-order valence-corrected chi connectivity index (χ3v) is 18.5. The van der Waals surface area contributed by atoms with Crippen molar-refractivity contribution in [3.05, 3.63) is 92.9 Å². The molecule has 7 N–H and O–H groups in total. The number of hydrogen-bond donors (Lipinski definition) is 7. The molecule has 390 valence electrons. The molecule has 8 aliphatic rings. The molecular formula is C57H68N2O14.